The smallest absolute Gasteiger partial charge is 0.136 e. The zero-order chi connectivity index (χ0) is 19.1. The van der Waals surface area contributed by atoms with E-state index in [-0.39, 0.29) is 5.82 Å². The number of rotatable bonds is 3. The van der Waals surface area contributed by atoms with Gasteiger partial charge < -0.3 is 5.11 Å². The number of fused-ring (bicyclic) bond motifs is 2. The maximum atomic E-state index is 14.9. The molecule has 4 aromatic rings. The zero-order valence-corrected chi connectivity index (χ0v) is 15.1. The van der Waals surface area contributed by atoms with Crippen molar-refractivity contribution < 1.29 is 9.50 Å². The lowest BCUT2D eigenvalue weighted by Crippen LogP contribution is -2.22. The van der Waals surface area contributed by atoms with E-state index in [2.05, 4.69) is 9.97 Å². The first-order valence-corrected chi connectivity index (χ1v) is 9.19. The second-order valence-corrected chi connectivity index (χ2v) is 7.00. The molecule has 1 aliphatic heterocycles. The summed E-state index contributed by atoms with van der Waals surface area (Å²) in [6.45, 7) is 0.828. The number of nitrogens with zero attached hydrogens (tertiary/aromatic N) is 3. The van der Waals surface area contributed by atoms with Crippen molar-refractivity contribution in [2.45, 2.75) is 19.3 Å². The van der Waals surface area contributed by atoms with Gasteiger partial charge in [0.15, 0.2) is 0 Å². The molecule has 0 amide bonds. The van der Waals surface area contributed by atoms with Crippen molar-refractivity contribution in [2.75, 3.05) is 0 Å². The summed E-state index contributed by atoms with van der Waals surface area (Å²) >= 11 is 0. The molecule has 2 aromatic heterocycles. The lowest BCUT2D eigenvalue weighted by molar-refractivity contribution is 0.00695. The standard InChI is InChI=1S/C23H18FN3O/c24-20-12-15(17-4-1-7-21-18(17)5-2-10-25-21)8-9-16(20)13-27-14-22-19(23(27)28)6-3-11-26-22/h1-12,23,28H,13-14H2. The summed E-state index contributed by atoms with van der Waals surface area (Å²) in [6, 6.07) is 18.7. The second-order valence-electron chi connectivity index (χ2n) is 7.00. The highest BCUT2D eigenvalue weighted by molar-refractivity contribution is 5.94. The molecule has 5 heteroatoms. The van der Waals surface area contributed by atoms with Crippen LogP contribution in [0.4, 0.5) is 4.39 Å². The largest absolute Gasteiger partial charge is 0.374 e. The van der Waals surface area contributed by atoms with Gasteiger partial charge in [0, 0.05) is 42.0 Å². The fourth-order valence-electron chi connectivity index (χ4n) is 3.85. The van der Waals surface area contributed by atoms with E-state index in [1.807, 2.05) is 47.4 Å². The Hall–Kier alpha value is -3.15. The van der Waals surface area contributed by atoms with Crippen LogP contribution in [0.5, 0.6) is 0 Å². The molecule has 1 N–H and O–H groups in total. The lowest BCUT2D eigenvalue weighted by atomic mass is 9.99. The van der Waals surface area contributed by atoms with Crippen LogP contribution in [0.25, 0.3) is 22.0 Å². The van der Waals surface area contributed by atoms with Crippen LogP contribution in [0, 0.1) is 5.82 Å². The maximum absolute atomic E-state index is 14.9. The van der Waals surface area contributed by atoms with Gasteiger partial charge in [-0.2, -0.15) is 0 Å². The summed E-state index contributed by atoms with van der Waals surface area (Å²) < 4.78 is 14.9. The molecule has 138 valence electrons. The Bertz CT molecular complexity index is 1170. The molecule has 2 aromatic carbocycles. The molecule has 0 radical (unpaired) electrons. The summed E-state index contributed by atoms with van der Waals surface area (Å²) in [4.78, 5) is 10.5. The van der Waals surface area contributed by atoms with Crippen molar-refractivity contribution >= 4 is 10.9 Å². The molecule has 0 aliphatic carbocycles. The number of halogens is 1. The SMILES string of the molecule is OC1c2cccnc2CN1Cc1ccc(-c2cccc3ncccc23)cc1F. The number of hydrogen-bond acceptors (Lipinski definition) is 4. The van der Waals surface area contributed by atoms with Crippen LogP contribution in [-0.2, 0) is 13.1 Å². The first-order chi connectivity index (χ1) is 13.7. The average molecular weight is 371 g/mol. The highest BCUT2D eigenvalue weighted by Gasteiger charge is 2.29. The molecule has 0 saturated carbocycles. The number of hydrogen-bond donors (Lipinski definition) is 1. The van der Waals surface area contributed by atoms with Crippen molar-refractivity contribution in [1.82, 2.24) is 14.9 Å². The third-order valence-corrected chi connectivity index (χ3v) is 5.29. The normalized spacial score (nSPS) is 16.4. The van der Waals surface area contributed by atoms with Crippen molar-refractivity contribution in [1.29, 1.82) is 0 Å². The van der Waals surface area contributed by atoms with E-state index in [0.29, 0.717) is 18.7 Å². The van der Waals surface area contributed by atoms with Gasteiger partial charge in [0.25, 0.3) is 0 Å². The zero-order valence-electron chi connectivity index (χ0n) is 15.1. The lowest BCUT2D eigenvalue weighted by Gasteiger charge is -2.20. The third kappa shape index (κ3) is 2.85. The third-order valence-electron chi connectivity index (χ3n) is 5.29. The Morgan fingerprint density at radius 1 is 1.00 bits per heavy atom. The van der Waals surface area contributed by atoms with E-state index in [4.69, 9.17) is 0 Å². The molecule has 0 spiro atoms. The highest BCUT2D eigenvalue weighted by Crippen LogP contribution is 2.33. The molecule has 1 aliphatic rings. The van der Waals surface area contributed by atoms with Gasteiger partial charge in [0.2, 0.25) is 0 Å². The van der Waals surface area contributed by atoms with E-state index < -0.39 is 6.23 Å². The first-order valence-electron chi connectivity index (χ1n) is 9.19. The fraction of sp³-hybridized carbons (Fsp3) is 0.130. The molecule has 1 unspecified atom stereocenters. The molecule has 1 atom stereocenters. The maximum Gasteiger partial charge on any atom is 0.136 e. The molecule has 0 bridgehead atoms. The van der Waals surface area contributed by atoms with Crippen molar-refractivity contribution in [3.05, 3.63) is 95.7 Å². The summed E-state index contributed by atoms with van der Waals surface area (Å²) in [5.41, 5.74) is 4.84. The van der Waals surface area contributed by atoms with Crippen LogP contribution in [0.3, 0.4) is 0 Å². The van der Waals surface area contributed by atoms with Gasteiger partial charge in [0.05, 0.1) is 11.2 Å². The Balaban J connectivity index is 1.45. The van der Waals surface area contributed by atoms with E-state index in [0.717, 1.165) is 33.3 Å². The average Bonchev–Trinajstić information content (AvgIpc) is 3.05. The van der Waals surface area contributed by atoms with Crippen molar-refractivity contribution in [3.8, 4) is 11.1 Å². The predicted octanol–water partition coefficient (Wildman–Crippen LogP) is 4.44. The number of benzene rings is 2. The molecule has 0 saturated heterocycles. The minimum absolute atomic E-state index is 0.283. The number of aliphatic hydroxyl groups is 1. The van der Waals surface area contributed by atoms with E-state index in [1.165, 1.54) is 0 Å². The minimum Gasteiger partial charge on any atom is -0.374 e. The van der Waals surface area contributed by atoms with Crippen LogP contribution in [0.2, 0.25) is 0 Å². The number of aliphatic hydroxyl groups excluding tert-OH is 1. The van der Waals surface area contributed by atoms with Gasteiger partial charge >= 0.3 is 0 Å². The Morgan fingerprint density at radius 2 is 1.86 bits per heavy atom. The minimum atomic E-state index is -0.757. The fourth-order valence-corrected chi connectivity index (χ4v) is 3.85. The Labute approximate surface area is 161 Å². The molecule has 3 heterocycles. The molecular formula is C23H18FN3O. The summed E-state index contributed by atoms with van der Waals surface area (Å²) in [6.07, 6.45) is 2.71. The van der Waals surface area contributed by atoms with Crippen molar-refractivity contribution in [3.63, 3.8) is 0 Å². The molecular weight excluding hydrogens is 353 g/mol. The quantitative estimate of drug-likeness (QED) is 0.578. The Kier molecular flexibility index (Phi) is 4.11. The molecule has 0 fully saturated rings. The van der Waals surface area contributed by atoms with E-state index >= 15 is 0 Å². The van der Waals surface area contributed by atoms with E-state index in [9.17, 15) is 9.50 Å². The van der Waals surface area contributed by atoms with Crippen molar-refractivity contribution in [2.24, 2.45) is 0 Å². The highest BCUT2D eigenvalue weighted by atomic mass is 19.1. The monoisotopic (exact) mass is 371 g/mol. The molecule has 28 heavy (non-hydrogen) atoms. The number of pyridine rings is 2. The van der Waals surface area contributed by atoms with Gasteiger partial charge in [-0.05, 0) is 35.4 Å². The second kappa shape index (κ2) is 6.78. The van der Waals surface area contributed by atoms with Gasteiger partial charge in [0.1, 0.15) is 12.0 Å². The van der Waals surface area contributed by atoms with E-state index in [1.54, 1.807) is 30.6 Å². The van der Waals surface area contributed by atoms with Crippen LogP contribution in [-0.4, -0.2) is 20.0 Å². The molecule has 4 nitrogen and oxygen atoms in total. The number of aromatic nitrogens is 2. The van der Waals surface area contributed by atoms with Crippen LogP contribution >= 0.6 is 0 Å². The summed E-state index contributed by atoms with van der Waals surface area (Å²) in [5.74, 6) is -0.283. The topological polar surface area (TPSA) is 49.3 Å². The van der Waals surface area contributed by atoms with Crippen LogP contribution in [0.1, 0.15) is 23.0 Å². The summed E-state index contributed by atoms with van der Waals surface area (Å²) in [5, 5.41) is 11.5. The van der Waals surface area contributed by atoms with Crippen LogP contribution < -0.4 is 0 Å². The van der Waals surface area contributed by atoms with Crippen LogP contribution in [0.15, 0.2) is 73.1 Å². The molecule has 5 rings (SSSR count). The first kappa shape index (κ1) is 17.0. The van der Waals surface area contributed by atoms with Gasteiger partial charge in [-0.3, -0.25) is 14.9 Å². The van der Waals surface area contributed by atoms with Gasteiger partial charge in [-0.25, -0.2) is 4.39 Å². The van der Waals surface area contributed by atoms with Gasteiger partial charge in [-0.1, -0.05) is 36.4 Å². The predicted molar refractivity (Wildman–Crippen MR) is 106 cm³/mol. The van der Waals surface area contributed by atoms with Gasteiger partial charge in [-0.15, -0.1) is 0 Å². The Morgan fingerprint density at radius 3 is 2.71 bits per heavy atom. The summed E-state index contributed by atoms with van der Waals surface area (Å²) in [7, 11) is 0.